The van der Waals surface area contributed by atoms with Gasteiger partial charge in [-0.1, -0.05) is 55.5 Å². The van der Waals surface area contributed by atoms with Gasteiger partial charge in [0.15, 0.2) is 0 Å². The van der Waals surface area contributed by atoms with E-state index < -0.39 is 0 Å². The number of hydrogen-bond acceptors (Lipinski definition) is 1. The van der Waals surface area contributed by atoms with Crippen molar-refractivity contribution in [3.63, 3.8) is 0 Å². The summed E-state index contributed by atoms with van der Waals surface area (Å²) in [5.41, 5.74) is 2.57. The Kier molecular flexibility index (Phi) is 2.17. The van der Waals surface area contributed by atoms with Gasteiger partial charge in [0.2, 0.25) is 0 Å². The molecule has 1 aliphatic heterocycles. The lowest BCUT2D eigenvalue weighted by Crippen LogP contribution is -2.06. The van der Waals surface area contributed by atoms with E-state index in [1.54, 1.807) is 0 Å². The van der Waals surface area contributed by atoms with Gasteiger partial charge in [-0.25, -0.2) is 0 Å². The summed E-state index contributed by atoms with van der Waals surface area (Å²) in [6.45, 7) is 2.23. The average Bonchev–Trinajstić information content (AvgIpc) is 2.69. The molecule has 0 fully saturated rings. The van der Waals surface area contributed by atoms with Gasteiger partial charge in [-0.2, -0.15) is 0 Å². The molecule has 0 radical (unpaired) electrons. The van der Waals surface area contributed by atoms with Crippen LogP contribution < -0.4 is 4.74 Å². The Hall–Kier alpha value is -1.76. The smallest absolute Gasteiger partial charge is 0.130 e. The van der Waals surface area contributed by atoms with Crippen molar-refractivity contribution in [1.29, 1.82) is 0 Å². The minimum absolute atomic E-state index is 0.165. The summed E-state index contributed by atoms with van der Waals surface area (Å²) in [6, 6.07) is 18.7. The zero-order valence-electron chi connectivity index (χ0n) is 9.26. The van der Waals surface area contributed by atoms with Gasteiger partial charge in [0.05, 0.1) is 0 Å². The molecule has 0 saturated carbocycles. The summed E-state index contributed by atoms with van der Waals surface area (Å²) in [6.07, 6.45) is 0.165. The zero-order chi connectivity index (χ0) is 11.0. The minimum atomic E-state index is 0.165. The number of fused-ring (bicyclic) bond motifs is 1. The highest BCUT2D eigenvalue weighted by atomic mass is 16.5. The van der Waals surface area contributed by atoms with E-state index in [1.165, 1.54) is 11.1 Å². The largest absolute Gasteiger partial charge is 0.485 e. The van der Waals surface area contributed by atoms with Gasteiger partial charge in [-0.3, -0.25) is 0 Å². The predicted octanol–water partition coefficient (Wildman–Crippen LogP) is 3.92. The third-order valence-electron chi connectivity index (χ3n) is 3.25. The van der Waals surface area contributed by atoms with Crippen LogP contribution in [0.1, 0.15) is 30.1 Å². The third kappa shape index (κ3) is 1.40. The van der Waals surface area contributed by atoms with Crippen LogP contribution in [0, 0.1) is 0 Å². The second-order valence-electron chi connectivity index (χ2n) is 4.28. The van der Waals surface area contributed by atoms with E-state index in [4.69, 9.17) is 4.74 Å². The fraction of sp³-hybridized carbons (Fsp3) is 0.200. The van der Waals surface area contributed by atoms with Crippen LogP contribution in [0.5, 0.6) is 5.75 Å². The van der Waals surface area contributed by atoms with Crippen LogP contribution in [0.3, 0.4) is 0 Å². The third-order valence-corrected chi connectivity index (χ3v) is 3.25. The summed E-state index contributed by atoms with van der Waals surface area (Å²) in [7, 11) is 0. The van der Waals surface area contributed by atoms with Crippen LogP contribution >= 0.6 is 0 Å². The first kappa shape index (κ1) is 9.46. The van der Waals surface area contributed by atoms with Crippen LogP contribution in [-0.4, -0.2) is 0 Å². The molecule has 80 valence electrons. The van der Waals surface area contributed by atoms with Crippen LogP contribution in [-0.2, 0) is 0 Å². The molecular formula is C15H14O. The molecule has 2 aromatic carbocycles. The molecule has 2 atom stereocenters. The molecule has 0 bridgehead atoms. The average molecular weight is 210 g/mol. The predicted molar refractivity (Wildman–Crippen MR) is 64.7 cm³/mol. The lowest BCUT2D eigenvalue weighted by Gasteiger charge is -2.15. The monoisotopic (exact) mass is 210 g/mol. The molecule has 0 aromatic heterocycles. The Morgan fingerprint density at radius 3 is 2.31 bits per heavy atom. The second-order valence-corrected chi connectivity index (χ2v) is 4.28. The SMILES string of the molecule is CC1c2ccccc2OC1c1ccccc1. The van der Waals surface area contributed by atoms with Gasteiger partial charge in [0.25, 0.3) is 0 Å². The van der Waals surface area contributed by atoms with E-state index in [1.807, 2.05) is 12.1 Å². The molecule has 2 unspecified atom stereocenters. The van der Waals surface area contributed by atoms with Crippen molar-refractivity contribution >= 4 is 0 Å². The molecule has 0 saturated heterocycles. The second kappa shape index (κ2) is 3.67. The van der Waals surface area contributed by atoms with Crippen molar-refractivity contribution in [1.82, 2.24) is 0 Å². The number of hydrogen-bond donors (Lipinski definition) is 0. The van der Waals surface area contributed by atoms with Crippen LogP contribution in [0.2, 0.25) is 0 Å². The number of rotatable bonds is 1. The molecule has 2 aromatic rings. The molecule has 16 heavy (non-hydrogen) atoms. The highest BCUT2D eigenvalue weighted by Crippen LogP contribution is 2.45. The van der Waals surface area contributed by atoms with E-state index >= 15 is 0 Å². The van der Waals surface area contributed by atoms with Gasteiger partial charge in [0.1, 0.15) is 11.9 Å². The van der Waals surface area contributed by atoms with Crippen molar-refractivity contribution in [2.75, 3.05) is 0 Å². The highest BCUT2D eigenvalue weighted by molar-refractivity contribution is 5.42. The van der Waals surface area contributed by atoms with Gasteiger partial charge in [-0.15, -0.1) is 0 Å². The van der Waals surface area contributed by atoms with Gasteiger partial charge >= 0.3 is 0 Å². The van der Waals surface area contributed by atoms with Crippen molar-refractivity contribution in [2.24, 2.45) is 0 Å². The minimum Gasteiger partial charge on any atom is -0.485 e. The lowest BCUT2D eigenvalue weighted by atomic mass is 9.93. The molecule has 1 aliphatic rings. The standard InChI is InChI=1S/C15H14O/c1-11-13-9-5-6-10-14(13)16-15(11)12-7-3-2-4-8-12/h2-11,15H,1H3. The molecule has 3 rings (SSSR count). The van der Waals surface area contributed by atoms with Gasteiger partial charge in [-0.05, 0) is 11.6 Å². The van der Waals surface area contributed by atoms with E-state index in [2.05, 4.69) is 49.4 Å². The fourth-order valence-electron chi connectivity index (χ4n) is 2.37. The first-order valence-electron chi connectivity index (χ1n) is 5.67. The molecule has 0 amide bonds. The van der Waals surface area contributed by atoms with Crippen molar-refractivity contribution < 1.29 is 4.74 Å². The maximum absolute atomic E-state index is 6.01. The van der Waals surface area contributed by atoms with Gasteiger partial charge in [0, 0.05) is 11.5 Å². The number of benzene rings is 2. The molecular weight excluding hydrogens is 196 g/mol. The molecule has 1 heteroatoms. The number of para-hydroxylation sites is 1. The molecule has 0 aliphatic carbocycles. The molecule has 1 nitrogen and oxygen atoms in total. The van der Waals surface area contributed by atoms with Crippen LogP contribution in [0.15, 0.2) is 54.6 Å². The van der Waals surface area contributed by atoms with Crippen LogP contribution in [0.4, 0.5) is 0 Å². The van der Waals surface area contributed by atoms with E-state index in [-0.39, 0.29) is 6.10 Å². The van der Waals surface area contributed by atoms with E-state index in [0.717, 1.165) is 5.75 Å². The molecule has 0 N–H and O–H groups in total. The van der Waals surface area contributed by atoms with Crippen LogP contribution in [0.25, 0.3) is 0 Å². The summed E-state index contributed by atoms with van der Waals surface area (Å²) < 4.78 is 6.01. The maximum Gasteiger partial charge on any atom is 0.130 e. The van der Waals surface area contributed by atoms with Crippen molar-refractivity contribution in [2.45, 2.75) is 18.9 Å². The normalized spacial score (nSPS) is 22.6. The lowest BCUT2D eigenvalue weighted by molar-refractivity contribution is 0.216. The Labute approximate surface area is 95.7 Å². The van der Waals surface area contributed by atoms with E-state index in [0.29, 0.717) is 5.92 Å². The fourth-order valence-corrected chi connectivity index (χ4v) is 2.37. The van der Waals surface area contributed by atoms with E-state index in [9.17, 15) is 0 Å². The summed E-state index contributed by atoms with van der Waals surface area (Å²) in [4.78, 5) is 0. The van der Waals surface area contributed by atoms with Crippen molar-refractivity contribution in [3.8, 4) is 5.75 Å². The summed E-state index contributed by atoms with van der Waals surface area (Å²) in [5.74, 6) is 1.46. The quantitative estimate of drug-likeness (QED) is 0.693. The number of ether oxygens (including phenoxy) is 1. The Morgan fingerprint density at radius 2 is 1.56 bits per heavy atom. The topological polar surface area (TPSA) is 9.23 Å². The zero-order valence-corrected chi connectivity index (χ0v) is 9.26. The summed E-state index contributed by atoms with van der Waals surface area (Å²) in [5, 5.41) is 0. The van der Waals surface area contributed by atoms with Crippen molar-refractivity contribution in [3.05, 3.63) is 65.7 Å². The maximum atomic E-state index is 6.01. The summed E-state index contributed by atoms with van der Waals surface area (Å²) >= 11 is 0. The Bertz CT molecular complexity index is 490. The van der Waals surface area contributed by atoms with Gasteiger partial charge < -0.3 is 4.74 Å². The molecule has 0 spiro atoms. The highest BCUT2D eigenvalue weighted by Gasteiger charge is 2.31. The first-order valence-corrected chi connectivity index (χ1v) is 5.67. The molecule has 1 heterocycles. The Morgan fingerprint density at radius 1 is 0.875 bits per heavy atom. The Balaban J connectivity index is 1.99. The first-order chi connectivity index (χ1) is 7.86.